The molecule has 1 aliphatic carbocycles. The Morgan fingerprint density at radius 3 is 2.74 bits per heavy atom. The SMILES string of the molecule is COc1ccc(Br)cc1C[NH+](C)[C@@H](C)C(=O)NC1CCCCC1. The van der Waals surface area contributed by atoms with Crippen LogP contribution in [0.5, 0.6) is 5.75 Å². The maximum Gasteiger partial charge on any atom is 0.278 e. The predicted molar refractivity (Wildman–Crippen MR) is 95.8 cm³/mol. The smallest absolute Gasteiger partial charge is 0.278 e. The van der Waals surface area contributed by atoms with Crippen LogP contribution < -0.4 is 15.0 Å². The summed E-state index contributed by atoms with van der Waals surface area (Å²) in [7, 11) is 3.74. The van der Waals surface area contributed by atoms with Crippen molar-refractivity contribution in [2.75, 3.05) is 14.2 Å². The van der Waals surface area contributed by atoms with E-state index in [2.05, 4.69) is 34.4 Å². The summed E-state index contributed by atoms with van der Waals surface area (Å²) in [5, 5.41) is 3.23. The summed E-state index contributed by atoms with van der Waals surface area (Å²) in [6.45, 7) is 2.75. The van der Waals surface area contributed by atoms with Crippen molar-refractivity contribution in [3.63, 3.8) is 0 Å². The molecule has 2 rings (SSSR count). The van der Waals surface area contributed by atoms with E-state index >= 15 is 0 Å². The highest BCUT2D eigenvalue weighted by atomic mass is 79.9. The molecular formula is C18H28BrN2O2+. The predicted octanol–water partition coefficient (Wildman–Crippen LogP) is 2.31. The molecule has 1 aromatic carbocycles. The van der Waals surface area contributed by atoms with Crippen molar-refractivity contribution in [3.05, 3.63) is 28.2 Å². The number of hydrogen-bond acceptors (Lipinski definition) is 2. The highest BCUT2D eigenvalue weighted by Crippen LogP contribution is 2.22. The number of carbonyl (C=O) groups is 1. The summed E-state index contributed by atoms with van der Waals surface area (Å²) in [5.41, 5.74) is 1.11. The van der Waals surface area contributed by atoms with E-state index in [1.807, 2.05) is 19.1 Å². The van der Waals surface area contributed by atoms with Crippen LogP contribution in [0.3, 0.4) is 0 Å². The zero-order chi connectivity index (χ0) is 16.8. The lowest BCUT2D eigenvalue weighted by atomic mass is 9.95. The number of quaternary nitrogens is 1. The van der Waals surface area contributed by atoms with Gasteiger partial charge in [-0.3, -0.25) is 4.79 Å². The molecular weight excluding hydrogens is 356 g/mol. The van der Waals surface area contributed by atoms with Crippen LogP contribution >= 0.6 is 15.9 Å². The molecule has 1 saturated carbocycles. The lowest BCUT2D eigenvalue weighted by Crippen LogP contribution is -3.12. The van der Waals surface area contributed by atoms with Crippen molar-refractivity contribution in [1.82, 2.24) is 5.32 Å². The van der Waals surface area contributed by atoms with Gasteiger partial charge in [-0.25, -0.2) is 0 Å². The van der Waals surface area contributed by atoms with Crippen LogP contribution in [0, 0.1) is 0 Å². The second-order valence-corrected chi connectivity index (χ2v) is 7.46. The van der Waals surface area contributed by atoms with Crippen molar-refractivity contribution in [1.29, 1.82) is 0 Å². The molecule has 23 heavy (non-hydrogen) atoms. The van der Waals surface area contributed by atoms with Crippen LogP contribution in [-0.2, 0) is 11.3 Å². The first kappa shape index (κ1) is 18.3. The van der Waals surface area contributed by atoms with E-state index in [-0.39, 0.29) is 11.9 Å². The third kappa shape index (κ3) is 5.21. The minimum absolute atomic E-state index is 0.0828. The fraction of sp³-hybridized carbons (Fsp3) is 0.611. The van der Waals surface area contributed by atoms with Gasteiger partial charge in [0.05, 0.1) is 14.2 Å². The van der Waals surface area contributed by atoms with Crippen molar-refractivity contribution in [2.24, 2.45) is 0 Å². The summed E-state index contributed by atoms with van der Waals surface area (Å²) in [4.78, 5) is 13.7. The number of rotatable bonds is 6. The number of hydrogen-bond donors (Lipinski definition) is 2. The highest BCUT2D eigenvalue weighted by molar-refractivity contribution is 9.10. The fourth-order valence-corrected chi connectivity index (χ4v) is 3.54. The first-order valence-electron chi connectivity index (χ1n) is 8.46. The Morgan fingerprint density at radius 2 is 2.09 bits per heavy atom. The number of methoxy groups -OCH3 is 1. The van der Waals surface area contributed by atoms with Crippen LogP contribution in [0.4, 0.5) is 0 Å². The van der Waals surface area contributed by atoms with E-state index in [1.54, 1.807) is 7.11 Å². The summed E-state index contributed by atoms with van der Waals surface area (Å²) in [6.07, 6.45) is 6.01. The topological polar surface area (TPSA) is 42.8 Å². The quantitative estimate of drug-likeness (QED) is 0.791. The number of likely N-dealkylation sites (N-methyl/N-ethyl adjacent to an activating group) is 1. The molecule has 0 bridgehead atoms. The van der Waals surface area contributed by atoms with Crippen LogP contribution in [0.15, 0.2) is 22.7 Å². The molecule has 1 amide bonds. The average molecular weight is 384 g/mol. The van der Waals surface area contributed by atoms with Gasteiger partial charge in [0.25, 0.3) is 5.91 Å². The van der Waals surface area contributed by atoms with Gasteiger partial charge >= 0.3 is 0 Å². The van der Waals surface area contributed by atoms with Gasteiger partial charge in [0.2, 0.25) is 0 Å². The van der Waals surface area contributed by atoms with Crippen LogP contribution in [0.1, 0.15) is 44.6 Å². The zero-order valence-electron chi connectivity index (χ0n) is 14.3. The number of amides is 1. The van der Waals surface area contributed by atoms with E-state index in [0.29, 0.717) is 6.04 Å². The second-order valence-electron chi connectivity index (χ2n) is 6.54. The Bertz CT molecular complexity index is 530. The van der Waals surface area contributed by atoms with Crippen molar-refractivity contribution in [2.45, 2.75) is 57.7 Å². The third-order valence-electron chi connectivity index (χ3n) is 4.80. The summed E-state index contributed by atoms with van der Waals surface area (Å²) >= 11 is 3.50. The van der Waals surface area contributed by atoms with Gasteiger partial charge in [0, 0.05) is 16.1 Å². The van der Waals surface area contributed by atoms with E-state index in [9.17, 15) is 4.79 Å². The number of halogens is 1. The van der Waals surface area contributed by atoms with Gasteiger partial charge in [0.15, 0.2) is 6.04 Å². The molecule has 1 unspecified atom stereocenters. The van der Waals surface area contributed by atoms with Crippen LogP contribution in [0.2, 0.25) is 0 Å². The molecule has 0 aromatic heterocycles. The lowest BCUT2D eigenvalue weighted by Gasteiger charge is -2.27. The Labute approximate surface area is 147 Å². The third-order valence-corrected chi connectivity index (χ3v) is 5.29. The maximum absolute atomic E-state index is 12.5. The molecule has 1 aromatic rings. The number of benzene rings is 1. The minimum Gasteiger partial charge on any atom is -0.496 e. The first-order chi connectivity index (χ1) is 11.0. The average Bonchev–Trinajstić information content (AvgIpc) is 2.55. The number of carbonyl (C=O) groups excluding carboxylic acids is 1. The van der Waals surface area contributed by atoms with Gasteiger partial charge < -0.3 is 15.0 Å². The molecule has 0 radical (unpaired) electrons. The molecule has 2 atom stereocenters. The summed E-state index contributed by atoms with van der Waals surface area (Å²) in [5.74, 6) is 1.02. The molecule has 2 N–H and O–H groups in total. The first-order valence-corrected chi connectivity index (χ1v) is 9.25. The molecule has 4 nitrogen and oxygen atoms in total. The molecule has 0 spiro atoms. The molecule has 5 heteroatoms. The highest BCUT2D eigenvalue weighted by Gasteiger charge is 2.25. The van der Waals surface area contributed by atoms with Crippen molar-refractivity contribution < 1.29 is 14.4 Å². The minimum atomic E-state index is -0.0828. The molecule has 1 aliphatic rings. The lowest BCUT2D eigenvalue weighted by molar-refractivity contribution is -0.908. The Hall–Kier alpha value is -1.07. The van der Waals surface area contributed by atoms with Gasteiger partial charge in [-0.2, -0.15) is 0 Å². The zero-order valence-corrected chi connectivity index (χ0v) is 15.9. The van der Waals surface area contributed by atoms with Crippen LogP contribution in [-0.4, -0.2) is 32.1 Å². The monoisotopic (exact) mass is 383 g/mol. The van der Waals surface area contributed by atoms with Crippen molar-refractivity contribution in [3.8, 4) is 5.75 Å². The maximum atomic E-state index is 12.5. The van der Waals surface area contributed by atoms with Crippen molar-refractivity contribution >= 4 is 21.8 Å². The van der Waals surface area contributed by atoms with E-state index in [0.717, 1.165) is 40.1 Å². The van der Waals surface area contributed by atoms with E-state index in [4.69, 9.17) is 4.74 Å². The number of ether oxygens (including phenoxy) is 1. The fourth-order valence-electron chi connectivity index (χ4n) is 3.14. The van der Waals surface area contributed by atoms with E-state index in [1.165, 1.54) is 19.3 Å². The summed E-state index contributed by atoms with van der Waals surface area (Å²) < 4.78 is 6.46. The standard InChI is InChI=1S/C18H27BrN2O2/c1-13(18(22)20-16-7-5-4-6-8-16)21(2)12-14-11-15(19)9-10-17(14)23-3/h9-11,13,16H,4-8,12H2,1-3H3,(H,20,22)/p+1/t13-/m0/s1. The summed E-state index contributed by atoms with van der Waals surface area (Å²) in [6, 6.07) is 6.28. The Kier molecular flexibility index (Phi) is 6.90. The molecule has 1 fully saturated rings. The molecule has 0 heterocycles. The Balaban J connectivity index is 1.94. The number of nitrogens with one attached hydrogen (secondary N) is 2. The van der Waals surface area contributed by atoms with Gasteiger partial charge in [0.1, 0.15) is 12.3 Å². The normalized spacial score (nSPS) is 18.3. The van der Waals surface area contributed by atoms with Gasteiger partial charge in [-0.1, -0.05) is 35.2 Å². The van der Waals surface area contributed by atoms with Gasteiger partial charge in [-0.15, -0.1) is 0 Å². The molecule has 128 valence electrons. The largest absolute Gasteiger partial charge is 0.496 e. The molecule has 0 aliphatic heterocycles. The molecule has 0 saturated heterocycles. The van der Waals surface area contributed by atoms with E-state index < -0.39 is 0 Å². The van der Waals surface area contributed by atoms with Gasteiger partial charge in [-0.05, 0) is 38.0 Å². The second kappa shape index (κ2) is 8.69. The van der Waals surface area contributed by atoms with Crippen LogP contribution in [0.25, 0.3) is 0 Å². The Morgan fingerprint density at radius 1 is 1.39 bits per heavy atom.